The first-order chi connectivity index (χ1) is 9.98. The van der Waals surface area contributed by atoms with Crippen LogP contribution in [0.25, 0.3) is 0 Å². The Bertz CT molecular complexity index is 383. The molecule has 0 saturated carbocycles. The Hall–Kier alpha value is -1.02. The summed E-state index contributed by atoms with van der Waals surface area (Å²) >= 11 is 0. The van der Waals surface area contributed by atoms with Crippen molar-refractivity contribution in [1.29, 1.82) is 0 Å². The highest BCUT2D eigenvalue weighted by Gasteiger charge is 2.15. The Kier molecular flexibility index (Phi) is 10.2. The van der Waals surface area contributed by atoms with Gasteiger partial charge < -0.3 is 9.47 Å². The van der Waals surface area contributed by atoms with E-state index in [0.717, 1.165) is 18.6 Å². The molecule has 2 heteroatoms. The number of unbranched alkanes of at least 4 members (excludes halogenated alkanes) is 2. The summed E-state index contributed by atoms with van der Waals surface area (Å²) < 4.78 is 10.8. The van der Waals surface area contributed by atoms with Gasteiger partial charge in [-0.25, -0.2) is 0 Å². The van der Waals surface area contributed by atoms with Crippen LogP contribution in [0.5, 0.6) is 5.75 Å². The zero-order valence-corrected chi connectivity index (χ0v) is 15.1. The molecule has 0 saturated heterocycles. The van der Waals surface area contributed by atoms with Gasteiger partial charge in [0.15, 0.2) is 0 Å². The van der Waals surface area contributed by atoms with E-state index in [0.29, 0.717) is 0 Å². The summed E-state index contributed by atoms with van der Waals surface area (Å²) in [6.07, 6.45) is 5.88. The summed E-state index contributed by atoms with van der Waals surface area (Å²) in [5.74, 6) is 1.02. The largest absolute Gasteiger partial charge is 0.496 e. The Morgan fingerprint density at radius 2 is 1.67 bits per heavy atom. The molecule has 0 atom stereocenters. The second-order valence-electron chi connectivity index (χ2n) is 5.84. The van der Waals surface area contributed by atoms with E-state index in [2.05, 4.69) is 39.0 Å². The molecule has 0 amide bonds. The van der Waals surface area contributed by atoms with Gasteiger partial charge in [0.2, 0.25) is 0 Å². The number of rotatable bonds is 8. The van der Waals surface area contributed by atoms with Gasteiger partial charge in [-0.3, -0.25) is 0 Å². The Labute approximate surface area is 131 Å². The smallest absolute Gasteiger partial charge is 0.122 e. The Balaban J connectivity index is 0.00000191. The van der Waals surface area contributed by atoms with Gasteiger partial charge in [-0.1, -0.05) is 44.4 Å². The number of hydrogen-bond donors (Lipinski definition) is 0. The van der Waals surface area contributed by atoms with E-state index >= 15 is 0 Å². The lowest BCUT2D eigenvalue weighted by atomic mass is 9.98. The molecule has 1 aromatic carbocycles. The number of aryl methyl sites for hydroxylation is 2. The van der Waals surface area contributed by atoms with Crippen molar-refractivity contribution in [3.8, 4) is 5.75 Å². The van der Waals surface area contributed by atoms with E-state index in [9.17, 15) is 0 Å². The minimum Gasteiger partial charge on any atom is -0.496 e. The third kappa shape index (κ3) is 8.11. The molecule has 1 aromatic rings. The van der Waals surface area contributed by atoms with Crippen molar-refractivity contribution in [2.24, 2.45) is 0 Å². The first kappa shape index (κ1) is 20.0. The van der Waals surface area contributed by atoms with E-state index in [4.69, 9.17) is 9.47 Å². The second kappa shape index (κ2) is 10.7. The SMILES string of the molecule is CC.COc1ccc(C)cc1CCCCCC(C)(C)OC. The normalized spacial score (nSPS) is 10.8. The fraction of sp³-hybridized carbons (Fsp3) is 0.684. The van der Waals surface area contributed by atoms with Crippen molar-refractivity contribution in [1.82, 2.24) is 0 Å². The maximum Gasteiger partial charge on any atom is 0.122 e. The van der Waals surface area contributed by atoms with Gasteiger partial charge >= 0.3 is 0 Å². The van der Waals surface area contributed by atoms with Gasteiger partial charge in [-0.2, -0.15) is 0 Å². The molecule has 0 N–H and O–H groups in total. The third-order valence-corrected chi connectivity index (χ3v) is 3.71. The average molecular weight is 294 g/mol. The lowest BCUT2D eigenvalue weighted by Crippen LogP contribution is -2.21. The van der Waals surface area contributed by atoms with Crippen LogP contribution in [0.2, 0.25) is 0 Å². The van der Waals surface area contributed by atoms with Crippen LogP contribution in [0.4, 0.5) is 0 Å². The van der Waals surface area contributed by atoms with Crippen LogP contribution >= 0.6 is 0 Å². The molecule has 0 aliphatic carbocycles. The molecule has 122 valence electrons. The fourth-order valence-corrected chi connectivity index (χ4v) is 2.25. The van der Waals surface area contributed by atoms with E-state index < -0.39 is 0 Å². The molecule has 0 unspecified atom stereocenters. The lowest BCUT2D eigenvalue weighted by Gasteiger charge is -2.22. The zero-order valence-electron chi connectivity index (χ0n) is 15.1. The van der Waals surface area contributed by atoms with Gasteiger partial charge in [0.05, 0.1) is 12.7 Å². The van der Waals surface area contributed by atoms with Crippen molar-refractivity contribution in [3.63, 3.8) is 0 Å². The predicted molar refractivity (Wildman–Crippen MR) is 92.3 cm³/mol. The van der Waals surface area contributed by atoms with Gasteiger partial charge in [0, 0.05) is 7.11 Å². The van der Waals surface area contributed by atoms with Crippen LogP contribution < -0.4 is 4.74 Å². The molecule has 0 fully saturated rings. The van der Waals surface area contributed by atoms with Crippen LogP contribution in [0, 0.1) is 6.92 Å². The Morgan fingerprint density at radius 3 is 2.24 bits per heavy atom. The highest BCUT2D eigenvalue weighted by atomic mass is 16.5. The van der Waals surface area contributed by atoms with Gasteiger partial charge in [0.1, 0.15) is 5.75 Å². The summed E-state index contributed by atoms with van der Waals surface area (Å²) in [4.78, 5) is 0. The molecule has 0 spiro atoms. The summed E-state index contributed by atoms with van der Waals surface area (Å²) in [5, 5.41) is 0. The van der Waals surface area contributed by atoms with Crippen LogP contribution in [-0.2, 0) is 11.2 Å². The average Bonchev–Trinajstić information content (AvgIpc) is 2.49. The molecule has 0 bridgehead atoms. The Morgan fingerprint density at radius 1 is 1.00 bits per heavy atom. The van der Waals surface area contributed by atoms with Crippen molar-refractivity contribution in [3.05, 3.63) is 29.3 Å². The summed E-state index contributed by atoms with van der Waals surface area (Å²) in [7, 11) is 3.53. The molecule has 2 nitrogen and oxygen atoms in total. The number of methoxy groups -OCH3 is 2. The van der Waals surface area contributed by atoms with Crippen LogP contribution in [0.3, 0.4) is 0 Å². The predicted octanol–water partition coefficient (Wildman–Crippen LogP) is 5.56. The first-order valence-corrected chi connectivity index (χ1v) is 8.17. The van der Waals surface area contributed by atoms with Crippen LogP contribution in [0.1, 0.15) is 64.5 Å². The molecular formula is C19H34O2. The van der Waals surface area contributed by atoms with Crippen molar-refractivity contribution < 1.29 is 9.47 Å². The summed E-state index contributed by atoms with van der Waals surface area (Å²) in [5.41, 5.74) is 2.64. The maximum absolute atomic E-state index is 5.43. The highest BCUT2D eigenvalue weighted by Crippen LogP contribution is 2.23. The molecule has 0 aliphatic heterocycles. The van der Waals surface area contributed by atoms with Gasteiger partial charge in [0.25, 0.3) is 0 Å². The first-order valence-electron chi connectivity index (χ1n) is 8.17. The number of hydrogen-bond acceptors (Lipinski definition) is 2. The molecule has 0 aromatic heterocycles. The monoisotopic (exact) mass is 294 g/mol. The molecular weight excluding hydrogens is 260 g/mol. The quantitative estimate of drug-likeness (QED) is 0.584. The maximum atomic E-state index is 5.43. The fourth-order valence-electron chi connectivity index (χ4n) is 2.25. The van der Waals surface area contributed by atoms with Gasteiger partial charge in [-0.15, -0.1) is 0 Å². The number of benzene rings is 1. The summed E-state index contributed by atoms with van der Waals surface area (Å²) in [6, 6.07) is 6.40. The molecule has 0 aliphatic rings. The van der Waals surface area contributed by atoms with Crippen LogP contribution in [-0.4, -0.2) is 19.8 Å². The second-order valence-corrected chi connectivity index (χ2v) is 5.84. The number of ether oxygens (including phenoxy) is 2. The van der Waals surface area contributed by atoms with Crippen molar-refractivity contribution >= 4 is 0 Å². The topological polar surface area (TPSA) is 18.5 Å². The zero-order chi connectivity index (χ0) is 16.3. The minimum atomic E-state index is 0.0149. The van der Waals surface area contributed by atoms with E-state index in [1.807, 2.05) is 13.8 Å². The highest BCUT2D eigenvalue weighted by molar-refractivity contribution is 5.36. The standard InChI is InChI=1S/C17H28O2.C2H6/c1-14-10-11-16(18-4)15(13-14)9-7-6-8-12-17(2,3)19-5;1-2/h10-11,13H,6-9,12H2,1-5H3;1-2H3. The van der Waals surface area contributed by atoms with Crippen LogP contribution in [0.15, 0.2) is 18.2 Å². The van der Waals surface area contributed by atoms with Crippen molar-refractivity contribution in [2.45, 2.75) is 72.3 Å². The summed E-state index contributed by atoms with van der Waals surface area (Å²) in [6.45, 7) is 10.4. The molecule has 0 heterocycles. The minimum absolute atomic E-state index is 0.0149. The molecule has 21 heavy (non-hydrogen) atoms. The molecule has 1 rings (SSSR count). The third-order valence-electron chi connectivity index (χ3n) is 3.71. The van der Waals surface area contributed by atoms with E-state index in [1.165, 1.54) is 30.4 Å². The van der Waals surface area contributed by atoms with E-state index in [1.54, 1.807) is 14.2 Å². The van der Waals surface area contributed by atoms with Gasteiger partial charge in [-0.05, 0) is 51.7 Å². The van der Waals surface area contributed by atoms with Crippen molar-refractivity contribution in [2.75, 3.05) is 14.2 Å². The lowest BCUT2D eigenvalue weighted by molar-refractivity contribution is 0.0134. The van der Waals surface area contributed by atoms with E-state index in [-0.39, 0.29) is 5.60 Å². The molecule has 0 radical (unpaired) electrons.